The maximum atomic E-state index is 15.3. The maximum Gasteiger partial charge on any atom is 0.350 e. The molecule has 0 bridgehead atoms. The van der Waals surface area contributed by atoms with Crippen LogP contribution >= 0.6 is 0 Å². The number of halogens is 1. The normalized spacial score (nSPS) is 13.8. The van der Waals surface area contributed by atoms with Crippen molar-refractivity contribution in [1.82, 2.24) is 14.3 Å². The fraction of sp³-hybridized carbons (Fsp3) is 0.400. The average molecular weight is 468 g/mol. The molecule has 0 radical (unpaired) electrons. The van der Waals surface area contributed by atoms with Crippen molar-refractivity contribution in [2.45, 2.75) is 58.6 Å². The van der Waals surface area contributed by atoms with Crippen LogP contribution in [-0.4, -0.2) is 33.4 Å². The number of hydrogen-bond donors (Lipinski definition) is 2. The molecule has 9 heteroatoms. The van der Waals surface area contributed by atoms with Gasteiger partial charge in [-0.15, -0.1) is 5.10 Å². The summed E-state index contributed by atoms with van der Waals surface area (Å²) in [5.41, 5.74) is 0.918. The summed E-state index contributed by atoms with van der Waals surface area (Å²) in [5.74, 6) is -0.388. The van der Waals surface area contributed by atoms with Crippen LogP contribution in [0, 0.1) is 5.82 Å². The Kier molecular flexibility index (Phi) is 7.00. The van der Waals surface area contributed by atoms with Crippen molar-refractivity contribution in [1.29, 1.82) is 0 Å². The van der Waals surface area contributed by atoms with Crippen LogP contribution in [0.15, 0.2) is 41.2 Å². The number of amides is 1. The van der Waals surface area contributed by atoms with Crippen LogP contribution in [0.4, 0.5) is 15.8 Å². The van der Waals surface area contributed by atoms with E-state index in [2.05, 4.69) is 15.7 Å². The zero-order chi connectivity index (χ0) is 24.2. The number of nitrogens with zero attached hydrogens (tertiary/aromatic N) is 3. The Morgan fingerprint density at radius 2 is 2.00 bits per heavy atom. The molecular weight excluding hydrogens is 437 g/mol. The van der Waals surface area contributed by atoms with E-state index in [0.29, 0.717) is 24.5 Å². The van der Waals surface area contributed by atoms with Crippen molar-refractivity contribution in [3.05, 3.63) is 64.1 Å². The molecule has 3 aromatic rings. The number of nitrogens with one attached hydrogen (secondary N) is 2. The van der Waals surface area contributed by atoms with Crippen LogP contribution in [-0.2, 0) is 13.0 Å². The first-order chi connectivity index (χ1) is 16.4. The topological polar surface area (TPSA) is 90.2 Å². The van der Waals surface area contributed by atoms with Gasteiger partial charge in [-0.1, -0.05) is 25.5 Å². The number of carbonyl (C=O) groups is 1. The minimum Gasteiger partial charge on any atom is -0.490 e. The number of aromatic nitrogens is 3. The summed E-state index contributed by atoms with van der Waals surface area (Å²) < 4.78 is 24.1. The predicted octanol–water partition coefficient (Wildman–Crippen LogP) is 4.37. The molecule has 8 nitrogen and oxygen atoms in total. The van der Waals surface area contributed by atoms with Crippen LogP contribution in [0.1, 0.15) is 55.7 Å². The van der Waals surface area contributed by atoms with Crippen LogP contribution < -0.4 is 21.1 Å². The number of benzene rings is 2. The number of hydrogen-bond acceptors (Lipinski definition) is 5. The Hall–Kier alpha value is -3.62. The average Bonchev–Trinajstić information content (AvgIpc) is 3.16. The molecule has 180 valence electrons. The van der Waals surface area contributed by atoms with Gasteiger partial charge in [0.25, 0.3) is 5.91 Å². The van der Waals surface area contributed by atoms with E-state index in [9.17, 15) is 9.59 Å². The lowest BCUT2D eigenvalue weighted by Crippen LogP contribution is -2.27. The van der Waals surface area contributed by atoms with Gasteiger partial charge >= 0.3 is 5.69 Å². The number of para-hydroxylation sites is 2. The van der Waals surface area contributed by atoms with E-state index in [1.165, 1.54) is 6.07 Å². The van der Waals surface area contributed by atoms with Crippen molar-refractivity contribution in [2.75, 3.05) is 17.7 Å². The van der Waals surface area contributed by atoms with Gasteiger partial charge in [-0.25, -0.2) is 9.18 Å². The minimum absolute atomic E-state index is 0.0298. The minimum atomic E-state index is -0.722. The highest BCUT2D eigenvalue weighted by atomic mass is 19.1. The Morgan fingerprint density at radius 3 is 2.71 bits per heavy atom. The van der Waals surface area contributed by atoms with Crippen LogP contribution in [0.25, 0.3) is 5.69 Å². The van der Waals surface area contributed by atoms with E-state index < -0.39 is 11.7 Å². The Morgan fingerprint density at radius 1 is 1.24 bits per heavy atom. The van der Waals surface area contributed by atoms with E-state index in [1.54, 1.807) is 23.7 Å². The third kappa shape index (κ3) is 4.69. The smallest absolute Gasteiger partial charge is 0.350 e. The van der Waals surface area contributed by atoms with E-state index in [4.69, 9.17) is 4.74 Å². The van der Waals surface area contributed by atoms with Gasteiger partial charge in [0, 0.05) is 26.1 Å². The second kappa shape index (κ2) is 10.1. The molecule has 0 saturated carbocycles. The second-order valence-electron chi connectivity index (χ2n) is 8.49. The molecular formula is C25H30FN5O3. The molecule has 4 rings (SSSR count). The predicted molar refractivity (Wildman–Crippen MR) is 130 cm³/mol. The fourth-order valence-electron chi connectivity index (χ4n) is 4.22. The Labute approximate surface area is 197 Å². The van der Waals surface area contributed by atoms with Crippen LogP contribution in [0.5, 0.6) is 5.75 Å². The molecule has 1 atom stereocenters. The third-order valence-corrected chi connectivity index (χ3v) is 5.96. The fourth-order valence-corrected chi connectivity index (χ4v) is 4.22. The van der Waals surface area contributed by atoms with Crippen molar-refractivity contribution in [2.24, 2.45) is 0 Å². The number of fused-ring (bicyclic) bond motifs is 1. The Bertz CT molecular complexity index is 1250. The van der Waals surface area contributed by atoms with Gasteiger partial charge in [0.15, 0.2) is 0 Å². The molecule has 0 unspecified atom stereocenters. The van der Waals surface area contributed by atoms with Gasteiger partial charge in [-0.05, 0) is 44.4 Å². The van der Waals surface area contributed by atoms with Gasteiger partial charge < -0.3 is 15.4 Å². The molecule has 2 N–H and O–H groups in total. The molecule has 2 heterocycles. The van der Waals surface area contributed by atoms with Gasteiger partial charge in [0.2, 0.25) is 0 Å². The molecule has 2 aromatic carbocycles. The van der Waals surface area contributed by atoms with E-state index >= 15 is 4.39 Å². The molecule has 1 aromatic heterocycles. The number of anilines is 2. The monoisotopic (exact) mass is 467 g/mol. The molecule has 0 saturated heterocycles. The van der Waals surface area contributed by atoms with Gasteiger partial charge in [0.1, 0.15) is 23.1 Å². The summed E-state index contributed by atoms with van der Waals surface area (Å²) in [4.78, 5) is 26.1. The summed E-state index contributed by atoms with van der Waals surface area (Å²) in [6, 6.07) is 9.75. The quantitative estimate of drug-likeness (QED) is 0.513. The summed E-state index contributed by atoms with van der Waals surface area (Å²) >= 11 is 0. The highest BCUT2D eigenvalue weighted by molar-refractivity contribution is 6.07. The second-order valence-corrected chi connectivity index (χ2v) is 8.49. The maximum absolute atomic E-state index is 15.3. The van der Waals surface area contributed by atoms with Gasteiger partial charge in [-0.3, -0.25) is 9.36 Å². The lowest BCUT2D eigenvalue weighted by molar-refractivity contribution is 0.101. The zero-order valence-corrected chi connectivity index (χ0v) is 19.7. The summed E-state index contributed by atoms with van der Waals surface area (Å²) in [5, 5.41) is 10.2. The first kappa shape index (κ1) is 23.5. The van der Waals surface area contributed by atoms with Crippen molar-refractivity contribution in [3.63, 3.8) is 0 Å². The first-order valence-electron chi connectivity index (χ1n) is 11.7. The number of rotatable bonds is 8. The number of aryl methyl sites for hydroxylation is 1. The lowest BCUT2D eigenvalue weighted by atomic mass is 10.1. The highest BCUT2D eigenvalue weighted by Gasteiger charge is 2.24. The van der Waals surface area contributed by atoms with Gasteiger partial charge in [0.05, 0.1) is 23.0 Å². The number of carbonyl (C=O) groups excluding carboxylic acids is 1. The summed E-state index contributed by atoms with van der Waals surface area (Å²) in [6.07, 6.45) is 3.94. The van der Waals surface area contributed by atoms with Crippen molar-refractivity contribution in [3.8, 4) is 11.4 Å². The molecule has 1 aliphatic heterocycles. The number of ether oxygens (including phenoxy) is 1. The zero-order valence-electron chi connectivity index (χ0n) is 19.7. The van der Waals surface area contributed by atoms with Crippen molar-refractivity contribution < 1.29 is 13.9 Å². The molecule has 1 aliphatic rings. The SMILES string of the molecule is CCC[C@H](C)Oc1cc(-n2nc3n(c2=O)CCCC3)c(F)cc1C(=O)Nc1ccccc1NC. The summed E-state index contributed by atoms with van der Waals surface area (Å²) in [7, 11) is 1.75. The van der Waals surface area contributed by atoms with E-state index in [0.717, 1.165) is 42.1 Å². The van der Waals surface area contributed by atoms with Crippen LogP contribution in [0.3, 0.4) is 0 Å². The Balaban J connectivity index is 1.76. The van der Waals surface area contributed by atoms with Crippen LogP contribution in [0.2, 0.25) is 0 Å². The summed E-state index contributed by atoms with van der Waals surface area (Å²) in [6.45, 7) is 4.50. The molecule has 0 aliphatic carbocycles. The van der Waals surface area contributed by atoms with Crippen molar-refractivity contribution >= 4 is 17.3 Å². The molecule has 1 amide bonds. The molecule has 34 heavy (non-hydrogen) atoms. The lowest BCUT2D eigenvalue weighted by Gasteiger charge is -2.19. The largest absolute Gasteiger partial charge is 0.490 e. The van der Waals surface area contributed by atoms with Gasteiger partial charge in [-0.2, -0.15) is 4.68 Å². The highest BCUT2D eigenvalue weighted by Crippen LogP contribution is 2.29. The molecule has 0 fully saturated rings. The van der Waals surface area contributed by atoms with E-state index in [1.807, 2.05) is 26.0 Å². The standard InChI is InChI=1S/C25H30FN5O3/c1-4-9-16(2)34-22-15-21(31-25(33)30-13-8-7-12-23(30)29-31)18(26)14-17(22)24(32)28-20-11-6-5-10-19(20)27-3/h5-6,10-11,14-16,27H,4,7-9,12-13H2,1-3H3,(H,28,32)/t16-/m0/s1. The molecule has 0 spiro atoms. The van der Waals surface area contributed by atoms with E-state index in [-0.39, 0.29) is 28.8 Å². The first-order valence-corrected chi connectivity index (χ1v) is 11.7. The third-order valence-electron chi connectivity index (χ3n) is 5.96.